The molecule has 0 heterocycles. The van der Waals surface area contributed by atoms with Crippen LogP contribution < -0.4 is 11.1 Å². The Labute approximate surface area is 142 Å². The van der Waals surface area contributed by atoms with Crippen molar-refractivity contribution in [2.45, 2.75) is 19.0 Å². The Balaban J connectivity index is 2.57. The van der Waals surface area contributed by atoms with Crippen molar-refractivity contribution in [2.24, 2.45) is 5.73 Å². The van der Waals surface area contributed by atoms with Crippen LogP contribution >= 0.6 is 0 Å². The normalized spacial score (nSPS) is 13.6. The van der Waals surface area contributed by atoms with E-state index in [9.17, 15) is 22.0 Å². The number of nitrogens with two attached hydrogens (primary N) is 1. The molecule has 2 aromatic rings. The summed E-state index contributed by atoms with van der Waals surface area (Å²) in [6.07, 6.45) is 1.42. The van der Waals surface area contributed by atoms with E-state index in [-0.39, 0.29) is 17.7 Å². The van der Waals surface area contributed by atoms with E-state index < -0.39 is 46.7 Å². The van der Waals surface area contributed by atoms with E-state index in [0.717, 1.165) is 6.07 Å². The Morgan fingerprint density at radius 1 is 0.960 bits per heavy atom. The number of benzene rings is 2. The fourth-order valence-electron chi connectivity index (χ4n) is 2.77. The van der Waals surface area contributed by atoms with Gasteiger partial charge in [0.2, 0.25) is 0 Å². The van der Waals surface area contributed by atoms with Crippen LogP contribution in [0.3, 0.4) is 0 Å². The second-order valence-corrected chi connectivity index (χ2v) is 5.60. The van der Waals surface area contributed by atoms with Crippen molar-refractivity contribution in [1.29, 1.82) is 0 Å². The van der Waals surface area contributed by atoms with Gasteiger partial charge in [0.25, 0.3) is 0 Å². The first-order valence-electron chi connectivity index (χ1n) is 7.46. The van der Waals surface area contributed by atoms with Crippen molar-refractivity contribution in [3.63, 3.8) is 0 Å². The second-order valence-electron chi connectivity index (χ2n) is 5.60. The molecule has 2 rings (SSSR count). The predicted octanol–water partition coefficient (Wildman–Crippen LogP) is 4.21. The van der Waals surface area contributed by atoms with Gasteiger partial charge in [-0.25, -0.2) is 22.0 Å². The molecule has 134 valence electrons. The summed E-state index contributed by atoms with van der Waals surface area (Å²) in [6.45, 7) is 5.03. The van der Waals surface area contributed by atoms with E-state index in [4.69, 9.17) is 5.73 Å². The lowest BCUT2D eigenvalue weighted by molar-refractivity contribution is 0.410. The van der Waals surface area contributed by atoms with Crippen molar-refractivity contribution >= 4 is 0 Å². The van der Waals surface area contributed by atoms with Gasteiger partial charge >= 0.3 is 0 Å². The van der Waals surface area contributed by atoms with Gasteiger partial charge < -0.3 is 11.1 Å². The van der Waals surface area contributed by atoms with Crippen molar-refractivity contribution in [3.8, 4) is 0 Å². The molecule has 0 aromatic heterocycles. The maximum Gasteiger partial charge on any atom is 0.133 e. The molecule has 0 saturated carbocycles. The summed E-state index contributed by atoms with van der Waals surface area (Å²) >= 11 is 0. The fourth-order valence-corrected chi connectivity index (χ4v) is 2.77. The summed E-state index contributed by atoms with van der Waals surface area (Å²) in [5, 5.41) is 2.75. The minimum atomic E-state index is -1.25. The van der Waals surface area contributed by atoms with Crippen molar-refractivity contribution < 1.29 is 22.0 Å². The number of aryl methyl sites for hydroxylation is 1. The van der Waals surface area contributed by atoms with Gasteiger partial charge in [0, 0.05) is 35.9 Å². The molecule has 0 spiro atoms. The molecule has 0 bridgehead atoms. The average Bonchev–Trinajstić information content (AvgIpc) is 2.48. The summed E-state index contributed by atoms with van der Waals surface area (Å²) in [5.41, 5.74) is 5.63. The van der Waals surface area contributed by atoms with Gasteiger partial charge in [0.1, 0.15) is 29.1 Å². The van der Waals surface area contributed by atoms with Gasteiger partial charge in [0.05, 0.1) is 12.1 Å². The molecule has 0 aliphatic rings. The lowest BCUT2D eigenvalue weighted by atomic mass is 9.90. The Morgan fingerprint density at radius 3 is 1.92 bits per heavy atom. The zero-order valence-electron chi connectivity index (χ0n) is 13.4. The third-order valence-electron chi connectivity index (χ3n) is 3.83. The van der Waals surface area contributed by atoms with Crippen molar-refractivity contribution in [2.75, 3.05) is 6.54 Å². The Kier molecular flexibility index (Phi) is 5.92. The highest BCUT2D eigenvalue weighted by atomic mass is 19.2. The van der Waals surface area contributed by atoms with Crippen LogP contribution in [0.2, 0.25) is 0 Å². The fraction of sp³-hybridized carbons (Fsp3) is 0.222. The van der Waals surface area contributed by atoms with Crippen LogP contribution in [0, 0.1) is 36.0 Å². The summed E-state index contributed by atoms with van der Waals surface area (Å²) in [5.74, 6) is -5.12. The highest BCUT2D eigenvalue weighted by Crippen LogP contribution is 2.34. The smallest absolute Gasteiger partial charge is 0.133 e. The molecule has 0 amide bonds. The molecular weight excluding hydrogens is 339 g/mol. The van der Waals surface area contributed by atoms with Gasteiger partial charge in [-0.3, -0.25) is 0 Å². The number of hydrogen-bond donors (Lipinski definition) is 2. The van der Waals surface area contributed by atoms with Crippen LogP contribution in [-0.2, 0) is 0 Å². The Morgan fingerprint density at radius 2 is 1.44 bits per heavy atom. The summed E-state index contributed by atoms with van der Waals surface area (Å²) < 4.78 is 69.0. The van der Waals surface area contributed by atoms with E-state index >= 15 is 0 Å². The van der Waals surface area contributed by atoms with Crippen molar-refractivity contribution in [3.05, 3.63) is 82.7 Å². The lowest BCUT2D eigenvalue weighted by Crippen LogP contribution is -2.34. The molecule has 0 fully saturated rings. The van der Waals surface area contributed by atoms with Crippen LogP contribution in [0.4, 0.5) is 22.0 Å². The molecule has 2 atom stereocenters. The third-order valence-corrected chi connectivity index (χ3v) is 3.83. The highest BCUT2D eigenvalue weighted by Gasteiger charge is 2.30. The van der Waals surface area contributed by atoms with Gasteiger partial charge in [-0.2, -0.15) is 0 Å². The van der Waals surface area contributed by atoms with Gasteiger partial charge in [-0.1, -0.05) is 6.08 Å². The summed E-state index contributed by atoms with van der Waals surface area (Å²) in [7, 11) is 0. The van der Waals surface area contributed by atoms with Gasteiger partial charge in [-0.15, -0.1) is 6.58 Å². The number of halogens is 5. The molecule has 0 aliphatic carbocycles. The summed E-state index contributed by atoms with van der Waals surface area (Å²) in [4.78, 5) is 0. The quantitative estimate of drug-likeness (QED) is 0.601. The van der Waals surface area contributed by atoms with Gasteiger partial charge in [-0.05, 0) is 18.6 Å². The molecular formula is C18H17F5N2. The second kappa shape index (κ2) is 7.76. The van der Waals surface area contributed by atoms with Crippen LogP contribution in [0.5, 0.6) is 0 Å². The molecule has 0 aliphatic heterocycles. The minimum Gasteiger partial charge on any atom is -0.322 e. The third kappa shape index (κ3) is 4.05. The van der Waals surface area contributed by atoms with Crippen molar-refractivity contribution in [1.82, 2.24) is 5.32 Å². The van der Waals surface area contributed by atoms with E-state index in [1.54, 1.807) is 0 Å². The summed E-state index contributed by atoms with van der Waals surface area (Å²) in [6, 6.07) is 0.264. The first kappa shape index (κ1) is 19.1. The SMILES string of the molecule is C=CCN[C@H](c1c(F)cc(F)cc1F)[C@H](N)c1c(C)cc(F)cc1F. The minimum absolute atomic E-state index is 0.0916. The molecule has 0 unspecified atom stereocenters. The predicted molar refractivity (Wildman–Crippen MR) is 85.3 cm³/mol. The zero-order chi connectivity index (χ0) is 18.7. The van der Waals surface area contributed by atoms with E-state index in [0.29, 0.717) is 18.2 Å². The lowest BCUT2D eigenvalue weighted by Gasteiger charge is -2.27. The van der Waals surface area contributed by atoms with Crippen LogP contribution in [0.1, 0.15) is 28.8 Å². The van der Waals surface area contributed by atoms with Crippen LogP contribution in [-0.4, -0.2) is 6.54 Å². The van der Waals surface area contributed by atoms with Crippen LogP contribution in [0.25, 0.3) is 0 Å². The first-order chi connectivity index (χ1) is 11.8. The van der Waals surface area contributed by atoms with E-state index in [1.807, 2.05) is 0 Å². The molecule has 3 N–H and O–H groups in total. The molecule has 25 heavy (non-hydrogen) atoms. The number of hydrogen-bond acceptors (Lipinski definition) is 2. The molecule has 0 radical (unpaired) electrons. The maximum absolute atomic E-state index is 14.2. The monoisotopic (exact) mass is 356 g/mol. The van der Waals surface area contributed by atoms with Gasteiger partial charge in [0.15, 0.2) is 0 Å². The molecule has 2 aromatic carbocycles. The maximum atomic E-state index is 14.2. The van der Waals surface area contributed by atoms with E-state index in [1.165, 1.54) is 13.0 Å². The molecule has 7 heteroatoms. The number of nitrogens with one attached hydrogen (secondary N) is 1. The standard InChI is InChI=1S/C18H17F5N2/c1-3-4-25-18(16-13(22)7-11(20)8-14(16)23)17(24)15-9(2)5-10(19)6-12(15)21/h3,5-8,17-18,25H,1,4,24H2,2H3/t17-,18-/m1/s1. The Hall–Kier alpha value is -2.25. The average molecular weight is 356 g/mol. The molecule has 0 saturated heterocycles. The topological polar surface area (TPSA) is 38.0 Å². The van der Waals surface area contributed by atoms with E-state index in [2.05, 4.69) is 11.9 Å². The Bertz CT molecular complexity index is 745. The van der Waals surface area contributed by atoms with Crippen LogP contribution in [0.15, 0.2) is 36.9 Å². The first-order valence-corrected chi connectivity index (χ1v) is 7.46. The highest BCUT2D eigenvalue weighted by molar-refractivity contribution is 5.35. The largest absolute Gasteiger partial charge is 0.322 e. The molecule has 2 nitrogen and oxygen atoms in total. The zero-order valence-corrected chi connectivity index (χ0v) is 13.4. The number of rotatable bonds is 6.